The molecule has 0 atom stereocenters. The second kappa shape index (κ2) is 10.9. The Balaban J connectivity index is 2.73. The molecule has 0 saturated carbocycles. The monoisotopic (exact) mass is 173 g/mol. The van der Waals surface area contributed by atoms with Gasteiger partial charge in [-0.2, -0.15) is 0 Å². The summed E-state index contributed by atoms with van der Waals surface area (Å²) < 4.78 is 0. The van der Waals surface area contributed by atoms with Crippen molar-refractivity contribution in [1.82, 2.24) is 10.6 Å². The molecule has 0 rings (SSSR count). The topological polar surface area (TPSA) is 50.1 Å². The third-order valence-electron chi connectivity index (χ3n) is 1.71. The van der Waals surface area contributed by atoms with Gasteiger partial charge >= 0.3 is 0 Å². The number of unbranched alkanes of at least 4 members (excludes halogenated alkanes) is 1. The van der Waals surface area contributed by atoms with E-state index in [0.717, 1.165) is 39.1 Å². The Morgan fingerprint density at radius 3 is 2.17 bits per heavy atom. The zero-order valence-electron chi connectivity index (χ0n) is 8.23. The quantitative estimate of drug-likeness (QED) is 0.440. The van der Waals surface area contributed by atoms with Crippen molar-refractivity contribution < 1.29 is 0 Å². The SMILES string of the molecule is CCCNCCNCCCCN. The molecular formula is C9H23N3. The molecule has 0 unspecified atom stereocenters. The number of nitrogens with two attached hydrogens (primary N) is 1. The molecule has 0 heterocycles. The van der Waals surface area contributed by atoms with Gasteiger partial charge < -0.3 is 16.4 Å². The van der Waals surface area contributed by atoms with E-state index in [0.29, 0.717) is 0 Å². The molecule has 0 aliphatic rings. The van der Waals surface area contributed by atoms with Crippen molar-refractivity contribution >= 4 is 0 Å². The molecule has 0 aliphatic heterocycles. The summed E-state index contributed by atoms with van der Waals surface area (Å²) in [7, 11) is 0. The first-order chi connectivity index (χ1) is 5.91. The van der Waals surface area contributed by atoms with Crippen molar-refractivity contribution in [3.8, 4) is 0 Å². The Morgan fingerprint density at radius 2 is 1.58 bits per heavy atom. The van der Waals surface area contributed by atoms with E-state index in [4.69, 9.17) is 5.73 Å². The van der Waals surface area contributed by atoms with Crippen LogP contribution in [0, 0.1) is 0 Å². The maximum atomic E-state index is 5.37. The lowest BCUT2D eigenvalue weighted by molar-refractivity contribution is 0.585. The largest absolute Gasteiger partial charge is 0.330 e. The maximum Gasteiger partial charge on any atom is 0.00767 e. The van der Waals surface area contributed by atoms with Crippen LogP contribution < -0.4 is 16.4 Å². The first-order valence-corrected chi connectivity index (χ1v) is 5.03. The van der Waals surface area contributed by atoms with E-state index in [-0.39, 0.29) is 0 Å². The summed E-state index contributed by atoms with van der Waals surface area (Å²) in [6.45, 7) is 7.38. The highest BCUT2D eigenvalue weighted by molar-refractivity contribution is 4.51. The summed E-state index contributed by atoms with van der Waals surface area (Å²) in [5.41, 5.74) is 5.37. The molecule has 0 aromatic heterocycles. The van der Waals surface area contributed by atoms with E-state index in [9.17, 15) is 0 Å². The van der Waals surface area contributed by atoms with Gasteiger partial charge in [0.25, 0.3) is 0 Å². The molecule has 0 spiro atoms. The van der Waals surface area contributed by atoms with Gasteiger partial charge in [-0.05, 0) is 38.9 Å². The average Bonchev–Trinajstić information content (AvgIpc) is 2.10. The fourth-order valence-electron chi connectivity index (χ4n) is 0.998. The smallest absolute Gasteiger partial charge is 0.00767 e. The summed E-state index contributed by atoms with van der Waals surface area (Å²) in [5, 5.41) is 6.70. The van der Waals surface area contributed by atoms with E-state index in [1.54, 1.807) is 0 Å². The molecule has 4 N–H and O–H groups in total. The number of nitrogens with one attached hydrogen (secondary N) is 2. The van der Waals surface area contributed by atoms with Crippen LogP contribution >= 0.6 is 0 Å². The minimum atomic E-state index is 0.815. The minimum Gasteiger partial charge on any atom is -0.330 e. The van der Waals surface area contributed by atoms with Crippen LogP contribution in [0.5, 0.6) is 0 Å². The molecule has 0 aromatic rings. The molecule has 0 bridgehead atoms. The summed E-state index contributed by atoms with van der Waals surface area (Å²) in [6, 6.07) is 0. The van der Waals surface area contributed by atoms with Gasteiger partial charge in [-0.3, -0.25) is 0 Å². The van der Waals surface area contributed by atoms with Crippen LogP contribution in [0.1, 0.15) is 26.2 Å². The van der Waals surface area contributed by atoms with Gasteiger partial charge in [-0.15, -0.1) is 0 Å². The molecule has 0 saturated heterocycles. The second-order valence-electron chi connectivity index (χ2n) is 3.00. The summed E-state index contributed by atoms with van der Waals surface area (Å²) in [6.07, 6.45) is 3.55. The second-order valence-corrected chi connectivity index (χ2v) is 3.00. The van der Waals surface area contributed by atoms with Crippen LogP contribution in [0.3, 0.4) is 0 Å². The minimum absolute atomic E-state index is 0.815. The highest BCUT2D eigenvalue weighted by Gasteiger charge is 1.87. The van der Waals surface area contributed by atoms with Crippen LogP contribution in [0.25, 0.3) is 0 Å². The Morgan fingerprint density at radius 1 is 0.917 bits per heavy atom. The molecule has 3 heteroatoms. The summed E-state index contributed by atoms with van der Waals surface area (Å²) in [5.74, 6) is 0. The number of hydrogen-bond donors (Lipinski definition) is 3. The van der Waals surface area contributed by atoms with Crippen molar-refractivity contribution in [2.45, 2.75) is 26.2 Å². The third kappa shape index (κ3) is 9.88. The van der Waals surface area contributed by atoms with Crippen molar-refractivity contribution in [3.05, 3.63) is 0 Å². The molecule has 0 aromatic carbocycles. The first kappa shape index (κ1) is 11.9. The van der Waals surface area contributed by atoms with E-state index in [1.807, 2.05) is 0 Å². The van der Waals surface area contributed by atoms with Crippen molar-refractivity contribution in [3.63, 3.8) is 0 Å². The van der Waals surface area contributed by atoms with Crippen molar-refractivity contribution in [1.29, 1.82) is 0 Å². The summed E-state index contributed by atoms with van der Waals surface area (Å²) >= 11 is 0. The van der Waals surface area contributed by atoms with Crippen LogP contribution in [0.15, 0.2) is 0 Å². The lowest BCUT2D eigenvalue weighted by Crippen LogP contribution is -2.28. The molecule has 12 heavy (non-hydrogen) atoms. The molecule has 0 radical (unpaired) electrons. The molecule has 3 nitrogen and oxygen atoms in total. The normalized spacial score (nSPS) is 10.5. The van der Waals surface area contributed by atoms with E-state index in [2.05, 4.69) is 17.6 Å². The highest BCUT2D eigenvalue weighted by Crippen LogP contribution is 1.80. The number of rotatable bonds is 9. The van der Waals surface area contributed by atoms with E-state index < -0.39 is 0 Å². The molecule has 74 valence electrons. The zero-order valence-corrected chi connectivity index (χ0v) is 8.23. The van der Waals surface area contributed by atoms with Crippen LogP contribution in [-0.4, -0.2) is 32.7 Å². The van der Waals surface area contributed by atoms with Gasteiger partial charge in [-0.1, -0.05) is 6.92 Å². The Kier molecular flexibility index (Phi) is 10.8. The van der Waals surface area contributed by atoms with Gasteiger partial charge in [0, 0.05) is 13.1 Å². The molecule has 0 aliphatic carbocycles. The van der Waals surface area contributed by atoms with Gasteiger partial charge in [-0.25, -0.2) is 0 Å². The van der Waals surface area contributed by atoms with Gasteiger partial charge in [0.1, 0.15) is 0 Å². The van der Waals surface area contributed by atoms with Gasteiger partial charge in [0.05, 0.1) is 0 Å². The van der Waals surface area contributed by atoms with Crippen LogP contribution in [0.4, 0.5) is 0 Å². The first-order valence-electron chi connectivity index (χ1n) is 5.03. The van der Waals surface area contributed by atoms with Gasteiger partial charge in [0.15, 0.2) is 0 Å². The van der Waals surface area contributed by atoms with Crippen molar-refractivity contribution in [2.75, 3.05) is 32.7 Å². The predicted octanol–water partition coefficient (Wildman–Crippen LogP) is 0.315. The third-order valence-corrected chi connectivity index (χ3v) is 1.71. The maximum absolute atomic E-state index is 5.37. The lowest BCUT2D eigenvalue weighted by atomic mass is 10.3. The average molecular weight is 173 g/mol. The Labute approximate surface area is 76.1 Å². The number of hydrogen-bond acceptors (Lipinski definition) is 3. The highest BCUT2D eigenvalue weighted by atomic mass is 14.9. The predicted molar refractivity (Wildman–Crippen MR) is 54.3 cm³/mol. The van der Waals surface area contributed by atoms with E-state index in [1.165, 1.54) is 12.8 Å². The van der Waals surface area contributed by atoms with Crippen LogP contribution in [0.2, 0.25) is 0 Å². The van der Waals surface area contributed by atoms with Gasteiger partial charge in [0.2, 0.25) is 0 Å². The molecule has 0 amide bonds. The lowest BCUT2D eigenvalue weighted by Gasteiger charge is -2.04. The zero-order chi connectivity index (χ0) is 9.07. The summed E-state index contributed by atoms with van der Waals surface area (Å²) in [4.78, 5) is 0. The standard InChI is InChI=1S/C9H23N3/c1-2-6-11-8-9-12-7-4-3-5-10/h11-12H,2-10H2,1H3. The molecular weight excluding hydrogens is 150 g/mol. The Hall–Kier alpha value is -0.120. The Bertz CT molecular complexity index is 66.2. The fraction of sp³-hybridized carbons (Fsp3) is 1.00. The van der Waals surface area contributed by atoms with E-state index >= 15 is 0 Å². The van der Waals surface area contributed by atoms with Crippen molar-refractivity contribution in [2.24, 2.45) is 5.73 Å². The molecule has 0 fully saturated rings. The fourth-order valence-corrected chi connectivity index (χ4v) is 0.998. The van der Waals surface area contributed by atoms with Crippen LogP contribution in [-0.2, 0) is 0 Å².